The van der Waals surface area contributed by atoms with Gasteiger partial charge in [-0.25, -0.2) is 4.79 Å². The summed E-state index contributed by atoms with van der Waals surface area (Å²) in [6.07, 6.45) is 3.16. The van der Waals surface area contributed by atoms with Gasteiger partial charge in [0.05, 0.1) is 25.5 Å². The highest BCUT2D eigenvalue weighted by atomic mass is 35.5. The number of hydrogen-bond acceptors (Lipinski definition) is 6. The summed E-state index contributed by atoms with van der Waals surface area (Å²) in [6, 6.07) is 9.96. The molecule has 0 saturated carbocycles. The molecule has 8 nitrogen and oxygen atoms in total. The molecule has 0 aliphatic carbocycles. The van der Waals surface area contributed by atoms with E-state index in [4.69, 9.17) is 20.8 Å². The summed E-state index contributed by atoms with van der Waals surface area (Å²) in [5.41, 5.74) is -0.616. The van der Waals surface area contributed by atoms with E-state index >= 15 is 0 Å². The molecular formula is C20H20ClN3O5. The van der Waals surface area contributed by atoms with Crippen LogP contribution >= 0.6 is 11.6 Å². The lowest BCUT2D eigenvalue weighted by atomic mass is 10.1. The number of aromatic nitrogens is 2. The molecule has 0 unspecified atom stereocenters. The van der Waals surface area contributed by atoms with Crippen molar-refractivity contribution >= 4 is 29.2 Å². The SMILES string of the molecule is COC(=O)c1ccc(Cn2cc(NC(=O)C(C)(C)Oc3ccc(Cl)cc3)cn2)o1. The van der Waals surface area contributed by atoms with Gasteiger partial charge in [-0.3, -0.25) is 9.48 Å². The van der Waals surface area contributed by atoms with Crippen LogP contribution in [0.2, 0.25) is 5.02 Å². The number of anilines is 1. The van der Waals surface area contributed by atoms with Gasteiger partial charge in [0.2, 0.25) is 5.76 Å². The largest absolute Gasteiger partial charge is 0.478 e. The van der Waals surface area contributed by atoms with Crippen LogP contribution in [0.1, 0.15) is 30.2 Å². The van der Waals surface area contributed by atoms with E-state index < -0.39 is 11.6 Å². The van der Waals surface area contributed by atoms with Crippen molar-refractivity contribution in [1.29, 1.82) is 0 Å². The fourth-order valence-electron chi connectivity index (χ4n) is 2.47. The van der Waals surface area contributed by atoms with Crippen LogP contribution in [-0.2, 0) is 16.1 Å². The fourth-order valence-corrected chi connectivity index (χ4v) is 2.60. The minimum Gasteiger partial charge on any atom is -0.478 e. The molecular weight excluding hydrogens is 398 g/mol. The van der Waals surface area contributed by atoms with Crippen molar-refractivity contribution in [3.63, 3.8) is 0 Å². The zero-order chi connectivity index (χ0) is 21.0. The third-order valence-corrected chi connectivity index (χ3v) is 4.24. The molecule has 0 spiro atoms. The van der Waals surface area contributed by atoms with Gasteiger partial charge in [-0.15, -0.1) is 0 Å². The summed E-state index contributed by atoms with van der Waals surface area (Å²) in [5, 5.41) is 7.54. The quantitative estimate of drug-likeness (QED) is 0.588. The summed E-state index contributed by atoms with van der Waals surface area (Å²) in [6.45, 7) is 3.62. The van der Waals surface area contributed by atoms with E-state index in [0.717, 1.165) is 0 Å². The molecule has 0 saturated heterocycles. The number of benzene rings is 1. The number of ether oxygens (including phenoxy) is 2. The molecule has 152 valence electrons. The van der Waals surface area contributed by atoms with Gasteiger partial charge in [-0.1, -0.05) is 11.6 Å². The fraction of sp³-hybridized carbons (Fsp3) is 0.250. The van der Waals surface area contributed by atoms with Crippen molar-refractivity contribution in [2.45, 2.75) is 26.0 Å². The molecule has 0 atom stereocenters. The Bertz CT molecular complexity index is 1010. The highest BCUT2D eigenvalue weighted by Gasteiger charge is 2.30. The van der Waals surface area contributed by atoms with Crippen LogP contribution in [0, 0.1) is 0 Å². The predicted molar refractivity (Wildman–Crippen MR) is 106 cm³/mol. The highest BCUT2D eigenvalue weighted by molar-refractivity contribution is 6.30. The Kier molecular flexibility index (Phi) is 5.93. The maximum atomic E-state index is 12.6. The Morgan fingerprint density at radius 2 is 1.93 bits per heavy atom. The molecule has 0 aliphatic rings. The third kappa shape index (κ3) is 5.17. The van der Waals surface area contributed by atoms with Crippen molar-refractivity contribution in [3.05, 3.63) is 65.3 Å². The lowest BCUT2D eigenvalue weighted by Gasteiger charge is -2.25. The van der Waals surface area contributed by atoms with Gasteiger partial charge >= 0.3 is 5.97 Å². The van der Waals surface area contributed by atoms with Crippen LogP contribution in [0.3, 0.4) is 0 Å². The second-order valence-electron chi connectivity index (χ2n) is 6.70. The first kappa shape index (κ1) is 20.5. The standard InChI is InChI=1S/C20H20ClN3O5/c1-20(2,29-15-6-4-13(21)5-7-15)19(26)23-14-10-22-24(11-14)12-16-8-9-17(28-16)18(25)27-3/h4-11H,12H2,1-3H3,(H,23,26). The maximum absolute atomic E-state index is 12.6. The lowest BCUT2D eigenvalue weighted by molar-refractivity contribution is -0.128. The average Bonchev–Trinajstić information content (AvgIpc) is 3.33. The second kappa shape index (κ2) is 8.40. The van der Waals surface area contributed by atoms with Gasteiger partial charge in [-0.2, -0.15) is 5.10 Å². The lowest BCUT2D eigenvalue weighted by Crippen LogP contribution is -2.42. The van der Waals surface area contributed by atoms with E-state index in [-0.39, 0.29) is 18.2 Å². The van der Waals surface area contributed by atoms with Gasteiger partial charge in [0, 0.05) is 11.2 Å². The van der Waals surface area contributed by atoms with Crippen LogP contribution in [0.15, 0.2) is 53.2 Å². The van der Waals surface area contributed by atoms with Crippen molar-refractivity contribution in [3.8, 4) is 5.75 Å². The van der Waals surface area contributed by atoms with E-state index in [1.807, 2.05) is 0 Å². The van der Waals surface area contributed by atoms with E-state index in [9.17, 15) is 9.59 Å². The zero-order valence-electron chi connectivity index (χ0n) is 16.1. The number of carbonyl (C=O) groups excluding carboxylic acids is 2. The number of esters is 1. The van der Waals surface area contributed by atoms with Crippen molar-refractivity contribution < 1.29 is 23.5 Å². The number of methoxy groups -OCH3 is 1. The molecule has 0 radical (unpaired) electrons. The number of carbonyl (C=O) groups is 2. The minimum atomic E-state index is -1.12. The number of rotatable bonds is 7. The van der Waals surface area contributed by atoms with Gasteiger partial charge in [-0.05, 0) is 50.2 Å². The Hall–Kier alpha value is -3.26. The molecule has 0 fully saturated rings. The monoisotopic (exact) mass is 417 g/mol. The average molecular weight is 418 g/mol. The molecule has 2 heterocycles. The van der Waals surface area contributed by atoms with Crippen molar-refractivity contribution in [2.24, 2.45) is 0 Å². The zero-order valence-corrected chi connectivity index (χ0v) is 16.9. The van der Waals surface area contributed by atoms with Gasteiger partial charge in [0.15, 0.2) is 5.60 Å². The molecule has 1 N–H and O–H groups in total. The number of hydrogen-bond donors (Lipinski definition) is 1. The Labute approximate surface area is 172 Å². The highest BCUT2D eigenvalue weighted by Crippen LogP contribution is 2.22. The molecule has 9 heteroatoms. The molecule has 0 aliphatic heterocycles. The molecule has 2 aromatic heterocycles. The number of amides is 1. The Morgan fingerprint density at radius 3 is 2.62 bits per heavy atom. The topological polar surface area (TPSA) is 95.6 Å². The second-order valence-corrected chi connectivity index (χ2v) is 7.14. The number of nitrogens with zero attached hydrogens (tertiary/aromatic N) is 2. The van der Waals surface area contributed by atoms with Crippen LogP contribution < -0.4 is 10.1 Å². The molecule has 1 aromatic carbocycles. The van der Waals surface area contributed by atoms with Crippen LogP contribution in [0.4, 0.5) is 5.69 Å². The van der Waals surface area contributed by atoms with E-state index in [0.29, 0.717) is 22.2 Å². The van der Waals surface area contributed by atoms with Gasteiger partial charge in [0.25, 0.3) is 5.91 Å². The Morgan fingerprint density at radius 1 is 1.21 bits per heavy atom. The van der Waals surface area contributed by atoms with E-state index in [1.165, 1.54) is 19.4 Å². The predicted octanol–water partition coefficient (Wildman–Crippen LogP) is 3.76. The first-order chi connectivity index (χ1) is 13.8. The van der Waals surface area contributed by atoms with Gasteiger partial charge in [0.1, 0.15) is 11.5 Å². The number of nitrogens with one attached hydrogen (secondary N) is 1. The summed E-state index contributed by atoms with van der Waals surface area (Å²) < 4.78 is 17.4. The normalized spacial score (nSPS) is 11.2. The summed E-state index contributed by atoms with van der Waals surface area (Å²) in [7, 11) is 1.28. The molecule has 0 bridgehead atoms. The van der Waals surface area contributed by atoms with Gasteiger partial charge < -0.3 is 19.2 Å². The summed E-state index contributed by atoms with van der Waals surface area (Å²) >= 11 is 5.86. The van der Waals surface area contributed by atoms with Crippen LogP contribution in [0.25, 0.3) is 0 Å². The number of furan rings is 1. The molecule has 29 heavy (non-hydrogen) atoms. The third-order valence-electron chi connectivity index (χ3n) is 3.99. The van der Waals surface area contributed by atoms with E-state index in [1.54, 1.807) is 55.1 Å². The van der Waals surface area contributed by atoms with Crippen LogP contribution in [0.5, 0.6) is 5.75 Å². The van der Waals surface area contributed by atoms with E-state index in [2.05, 4.69) is 15.2 Å². The smallest absolute Gasteiger partial charge is 0.373 e. The summed E-state index contributed by atoms with van der Waals surface area (Å²) in [5.74, 6) is 0.289. The minimum absolute atomic E-state index is 0.115. The maximum Gasteiger partial charge on any atom is 0.373 e. The molecule has 3 aromatic rings. The Balaban J connectivity index is 1.61. The first-order valence-electron chi connectivity index (χ1n) is 8.72. The molecule has 3 rings (SSSR count). The van der Waals surface area contributed by atoms with Crippen molar-refractivity contribution in [2.75, 3.05) is 12.4 Å². The number of halogens is 1. The van der Waals surface area contributed by atoms with Crippen LogP contribution in [-0.4, -0.2) is 34.4 Å². The first-order valence-corrected chi connectivity index (χ1v) is 9.10. The summed E-state index contributed by atoms with van der Waals surface area (Å²) in [4.78, 5) is 24.1. The molecule has 1 amide bonds. The van der Waals surface area contributed by atoms with Crippen molar-refractivity contribution in [1.82, 2.24) is 9.78 Å².